The summed E-state index contributed by atoms with van der Waals surface area (Å²) >= 11 is 11.7. The first-order chi connectivity index (χ1) is 10.5. The Labute approximate surface area is 140 Å². The molecule has 3 nitrogen and oxygen atoms in total. The molecule has 0 spiro atoms. The van der Waals surface area contributed by atoms with Crippen LogP contribution in [0.2, 0.25) is 10.0 Å². The fourth-order valence-corrected chi connectivity index (χ4v) is 2.54. The Morgan fingerprint density at radius 3 is 2.50 bits per heavy atom. The fraction of sp³-hybridized carbons (Fsp3) is 0.235. The Hall–Kier alpha value is -1.71. The van der Waals surface area contributed by atoms with Crippen LogP contribution in [0.5, 0.6) is 5.75 Å². The SMILES string of the molecule is Cc1ccccc1CCNC(=O)COc1cc(Cl)cc(Cl)c1. The average molecular weight is 338 g/mol. The molecule has 1 amide bonds. The molecular weight excluding hydrogens is 321 g/mol. The van der Waals surface area contributed by atoms with Crippen molar-refractivity contribution in [2.45, 2.75) is 13.3 Å². The third kappa shape index (κ3) is 5.24. The van der Waals surface area contributed by atoms with Crippen LogP contribution in [0.1, 0.15) is 11.1 Å². The highest BCUT2D eigenvalue weighted by atomic mass is 35.5. The first-order valence-corrected chi connectivity index (χ1v) is 7.70. The number of rotatable bonds is 6. The van der Waals surface area contributed by atoms with Crippen LogP contribution in [0.4, 0.5) is 0 Å². The molecule has 22 heavy (non-hydrogen) atoms. The minimum absolute atomic E-state index is 0.0650. The van der Waals surface area contributed by atoms with E-state index in [2.05, 4.69) is 24.4 Å². The summed E-state index contributed by atoms with van der Waals surface area (Å²) in [6, 6.07) is 13.0. The Balaban J connectivity index is 1.75. The number of benzene rings is 2. The first kappa shape index (κ1) is 16.7. The normalized spacial score (nSPS) is 10.3. The van der Waals surface area contributed by atoms with Crippen LogP contribution in [0.15, 0.2) is 42.5 Å². The number of carbonyl (C=O) groups is 1. The molecule has 0 saturated heterocycles. The maximum Gasteiger partial charge on any atom is 0.257 e. The number of amides is 1. The molecule has 0 atom stereocenters. The van der Waals surface area contributed by atoms with E-state index in [0.29, 0.717) is 22.3 Å². The van der Waals surface area contributed by atoms with E-state index in [9.17, 15) is 4.79 Å². The van der Waals surface area contributed by atoms with Crippen molar-refractivity contribution in [2.24, 2.45) is 0 Å². The molecule has 0 radical (unpaired) electrons. The van der Waals surface area contributed by atoms with Gasteiger partial charge in [-0.15, -0.1) is 0 Å². The molecule has 2 rings (SSSR count). The van der Waals surface area contributed by atoms with Gasteiger partial charge in [-0.25, -0.2) is 0 Å². The van der Waals surface area contributed by atoms with E-state index in [1.165, 1.54) is 11.1 Å². The molecule has 0 saturated carbocycles. The van der Waals surface area contributed by atoms with Crippen LogP contribution in [0.3, 0.4) is 0 Å². The molecule has 0 fully saturated rings. The van der Waals surface area contributed by atoms with E-state index < -0.39 is 0 Å². The zero-order valence-corrected chi connectivity index (χ0v) is 13.7. The van der Waals surface area contributed by atoms with Crippen molar-refractivity contribution < 1.29 is 9.53 Å². The second kappa shape index (κ2) is 8.06. The van der Waals surface area contributed by atoms with Gasteiger partial charge in [0.25, 0.3) is 5.91 Å². The molecule has 2 aromatic rings. The topological polar surface area (TPSA) is 38.3 Å². The van der Waals surface area contributed by atoms with Gasteiger partial charge in [-0.3, -0.25) is 4.79 Å². The molecular formula is C17H17Cl2NO2. The molecule has 2 aromatic carbocycles. The Morgan fingerprint density at radius 1 is 1.14 bits per heavy atom. The third-order valence-corrected chi connectivity index (χ3v) is 3.62. The number of nitrogens with one attached hydrogen (secondary N) is 1. The van der Waals surface area contributed by atoms with Gasteiger partial charge in [-0.1, -0.05) is 47.5 Å². The van der Waals surface area contributed by atoms with Crippen molar-refractivity contribution in [1.29, 1.82) is 0 Å². The van der Waals surface area contributed by atoms with Crippen molar-refractivity contribution in [3.8, 4) is 5.75 Å². The molecule has 1 N–H and O–H groups in total. The summed E-state index contributed by atoms with van der Waals surface area (Å²) in [5.74, 6) is 0.302. The molecule has 0 aromatic heterocycles. The second-order valence-corrected chi connectivity index (χ2v) is 5.79. The van der Waals surface area contributed by atoms with Crippen LogP contribution in [-0.2, 0) is 11.2 Å². The maximum absolute atomic E-state index is 11.8. The van der Waals surface area contributed by atoms with Crippen LogP contribution < -0.4 is 10.1 Å². The van der Waals surface area contributed by atoms with Crippen molar-refractivity contribution in [2.75, 3.05) is 13.2 Å². The summed E-state index contributed by atoms with van der Waals surface area (Å²) in [5.41, 5.74) is 2.45. The standard InChI is InChI=1S/C17H17Cl2NO2/c1-12-4-2-3-5-13(12)6-7-20-17(21)11-22-16-9-14(18)8-15(19)10-16/h2-5,8-10H,6-7,11H2,1H3,(H,20,21). The highest BCUT2D eigenvalue weighted by molar-refractivity contribution is 6.34. The number of halogens is 2. The van der Waals surface area contributed by atoms with E-state index in [1.54, 1.807) is 18.2 Å². The van der Waals surface area contributed by atoms with Gasteiger partial charge in [0, 0.05) is 16.6 Å². The lowest BCUT2D eigenvalue weighted by Gasteiger charge is -2.09. The van der Waals surface area contributed by atoms with Gasteiger partial charge in [-0.05, 0) is 42.7 Å². The van der Waals surface area contributed by atoms with Gasteiger partial charge in [0.1, 0.15) is 5.75 Å². The summed E-state index contributed by atoms with van der Waals surface area (Å²) in [7, 11) is 0. The predicted molar refractivity (Wildman–Crippen MR) is 89.8 cm³/mol. The van der Waals surface area contributed by atoms with Crippen LogP contribution in [-0.4, -0.2) is 19.1 Å². The Morgan fingerprint density at radius 2 is 1.82 bits per heavy atom. The van der Waals surface area contributed by atoms with Crippen LogP contribution in [0, 0.1) is 6.92 Å². The second-order valence-electron chi connectivity index (χ2n) is 4.92. The summed E-state index contributed by atoms with van der Waals surface area (Å²) in [4.78, 5) is 11.8. The number of aryl methyl sites for hydroxylation is 1. The molecule has 5 heteroatoms. The molecule has 0 aliphatic rings. The smallest absolute Gasteiger partial charge is 0.257 e. The van der Waals surface area contributed by atoms with Crippen LogP contribution in [0.25, 0.3) is 0 Å². The fourth-order valence-electron chi connectivity index (χ4n) is 2.04. The van der Waals surface area contributed by atoms with Crippen molar-refractivity contribution in [3.63, 3.8) is 0 Å². The van der Waals surface area contributed by atoms with E-state index in [1.807, 2.05) is 12.1 Å². The van der Waals surface area contributed by atoms with Gasteiger partial charge < -0.3 is 10.1 Å². The minimum atomic E-state index is -0.176. The zero-order chi connectivity index (χ0) is 15.9. The van der Waals surface area contributed by atoms with Gasteiger partial charge in [0.15, 0.2) is 6.61 Å². The van der Waals surface area contributed by atoms with E-state index in [0.717, 1.165) is 6.42 Å². The molecule has 0 aliphatic carbocycles. The molecule has 0 unspecified atom stereocenters. The highest BCUT2D eigenvalue weighted by Gasteiger charge is 2.05. The molecule has 0 bridgehead atoms. The van der Waals surface area contributed by atoms with Gasteiger partial charge in [0.2, 0.25) is 0 Å². The van der Waals surface area contributed by atoms with E-state index >= 15 is 0 Å². The van der Waals surface area contributed by atoms with E-state index in [4.69, 9.17) is 27.9 Å². The maximum atomic E-state index is 11.8. The largest absolute Gasteiger partial charge is 0.484 e. The lowest BCUT2D eigenvalue weighted by atomic mass is 10.1. The monoisotopic (exact) mass is 337 g/mol. The van der Waals surface area contributed by atoms with Gasteiger partial charge >= 0.3 is 0 Å². The summed E-state index contributed by atoms with van der Waals surface area (Å²) in [6.45, 7) is 2.57. The number of hydrogen-bond acceptors (Lipinski definition) is 2. The van der Waals surface area contributed by atoms with Crippen LogP contribution >= 0.6 is 23.2 Å². The summed E-state index contributed by atoms with van der Waals surface area (Å²) in [6.07, 6.45) is 0.793. The van der Waals surface area contributed by atoms with Crippen molar-refractivity contribution >= 4 is 29.1 Å². The summed E-state index contributed by atoms with van der Waals surface area (Å²) in [5, 5.41) is 3.78. The van der Waals surface area contributed by atoms with Crippen molar-refractivity contribution in [3.05, 3.63) is 63.6 Å². The predicted octanol–water partition coefficient (Wildman–Crippen LogP) is 4.04. The minimum Gasteiger partial charge on any atom is -0.484 e. The Kier molecular flexibility index (Phi) is 6.10. The molecule has 116 valence electrons. The third-order valence-electron chi connectivity index (χ3n) is 3.18. The van der Waals surface area contributed by atoms with Gasteiger partial charge in [0.05, 0.1) is 0 Å². The number of hydrogen-bond donors (Lipinski definition) is 1. The average Bonchev–Trinajstić information content (AvgIpc) is 2.46. The van der Waals surface area contributed by atoms with Crippen molar-refractivity contribution in [1.82, 2.24) is 5.32 Å². The number of ether oxygens (including phenoxy) is 1. The Bertz CT molecular complexity index is 639. The molecule has 0 heterocycles. The lowest BCUT2D eigenvalue weighted by molar-refractivity contribution is -0.123. The number of carbonyl (C=O) groups excluding carboxylic acids is 1. The van der Waals surface area contributed by atoms with E-state index in [-0.39, 0.29) is 12.5 Å². The highest BCUT2D eigenvalue weighted by Crippen LogP contribution is 2.23. The molecule has 0 aliphatic heterocycles. The lowest BCUT2D eigenvalue weighted by Crippen LogP contribution is -2.30. The quantitative estimate of drug-likeness (QED) is 0.863. The van der Waals surface area contributed by atoms with Gasteiger partial charge in [-0.2, -0.15) is 0 Å². The first-order valence-electron chi connectivity index (χ1n) is 6.94. The zero-order valence-electron chi connectivity index (χ0n) is 12.2. The summed E-state index contributed by atoms with van der Waals surface area (Å²) < 4.78 is 5.38.